The Hall–Kier alpha value is -2.27. The van der Waals surface area contributed by atoms with Gasteiger partial charge in [0.15, 0.2) is 5.82 Å². The predicted octanol–water partition coefficient (Wildman–Crippen LogP) is 1.62. The van der Waals surface area contributed by atoms with Crippen molar-refractivity contribution in [3.63, 3.8) is 0 Å². The van der Waals surface area contributed by atoms with Crippen LogP contribution < -0.4 is 16.1 Å². The van der Waals surface area contributed by atoms with Gasteiger partial charge in [-0.2, -0.15) is 4.99 Å². The highest BCUT2D eigenvalue weighted by molar-refractivity contribution is 5.95. The van der Waals surface area contributed by atoms with Crippen molar-refractivity contribution in [3.8, 4) is 0 Å². The van der Waals surface area contributed by atoms with E-state index >= 15 is 0 Å². The molecule has 5 heteroatoms. The summed E-state index contributed by atoms with van der Waals surface area (Å²) in [5, 5.41) is 8.53. The number of guanidine groups is 1. The Balaban J connectivity index is 1.80. The first-order chi connectivity index (χ1) is 9.21. The van der Waals surface area contributed by atoms with Crippen molar-refractivity contribution in [1.29, 1.82) is 0 Å². The molecule has 1 aromatic carbocycles. The maximum atomic E-state index is 4.54. The van der Waals surface area contributed by atoms with Crippen molar-refractivity contribution < 1.29 is 0 Å². The first-order valence-electron chi connectivity index (χ1n) is 6.27. The molecular weight excluding hydrogens is 238 g/mol. The molecule has 0 fully saturated rings. The number of hydrogen-bond donors (Lipinski definition) is 3. The third-order valence-electron chi connectivity index (χ3n) is 3.35. The number of anilines is 1. The highest BCUT2D eigenvalue weighted by atomic mass is 15.7. The maximum Gasteiger partial charge on any atom is 0.221 e. The standard InChI is InChI=1S/C14H17N5/c1-14(15-2)10-6-9-12-17-13(18-19(12)14)16-11-7-4-3-5-8-11/h3-10,15H,1-2H3,(H2,16,17,18). The zero-order chi connectivity index (χ0) is 13.3. The van der Waals surface area contributed by atoms with Gasteiger partial charge in [-0.05, 0) is 38.3 Å². The van der Waals surface area contributed by atoms with Crippen molar-refractivity contribution in [2.24, 2.45) is 4.99 Å². The van der Waals surface area contributed by atoms with Crippen molar-refractivity contribution in [2.75, 3.05) is 12.4 Å². The fourth-order valence-electron chi connectivity index (χ4n) is 2.12. The van der Waals surface area contributed by atoms with Crippen molar-refractivity contribution >= 4 is 11.6 Å². The molecule has 2 aliphatic heterocycles. The van der Waals surface area contributed by atoms with Gasteiger partial charge in [0.25, 0.3) is 0 Å². The summed E-state index contributed by atoms with van der Waals surface area (Å²) in [5.41, 5.74) is 4.00. The largest absolute Gasteiger partial charge is 0.325 e. The number of nitrogens with one attached hydrogen (secondary N) is 3. The smallest absolute Gasteiger partial charge is 0.221 e. The van der Waals surface area contributed by atoms with E-state index in [2.05, 4.69) is 34.1 Å². The summed E-state index contributed by atoms with van der Waals surface area (Å²) in [6.07, 6.45) is 6.08. The fraction of sp³-hybridized carbons (Fsp3) is 0.214. The fourth-order valence-corrected chi connectivity index (χ4v) is 2.12. The summed E-state index contributed by atoms with van der Waals surface area (Å²) in [6, 6.07) is 9.98. The number of rotatable bonds is 2. The number of aliphatic imine (C=N–C) groups is 1. The lowest BCUT2D eigenvalue weighted by Gasteiger charge is -2.38. The lowest BCUT2D eigenvalue weighted by Crippen LogP contribution is -2.59. The number of allylic oxidation sites excluding steroid dienone is 2. The summed E-state index contributed by atoms with van der Waals surface area (Å²) in [4.78, 5) is 4.54. The van der Waals surface area contributed by atoms with Gasteiger partial charge < -0.3 is 5.32 Å². The van der Waals surface area contributed by atoms with E-state index in [-0.39, 0.29) is 5.66 Å². The van der Waals surface area contributed by atoms with Gasteiger partial charge in [-0.15, -0.1) is 0 Å². The van der Waals surface area contributed by atoms with Crippen LogP contribution in [0.1, 0.15) is 6.92 Å². The Morgan fingerprint density at radius 3 is 2.79 bits per heavy atom. The average molecular weight is 255 g/mol. The first kappa shape index (κ1) is 11.8. The summed E-state index contributed by atoms with van der Waals surface area (Å²) in [6.45, 7) is 2.09. The lowest BCUT2D eigenvalue weighted by molar-refractivity contribution is 0.141. The minimum Gasteiger partial charge on any atom is -0.325 e. The van der Waals surface area contributed by atoms with E-state index in [1.54, 1.807) is 0 Å². The van der Waals surface area contributed by atoms with Crippen LogP contribution in [0.15, 0.2) is 59.4 Å². The van der Waals surface area contributed by atoms with Gasteiger partial charge in [-0.3, -0.25) is 10.7 Å². The highest BCUT2D eigenvalue weighted by Crippen LogP contribution is 2.25. The van der Waals surface area contributed by atoms with Crippen molar-refractivity contribution in [3.05, 3.63) is 54.4 Å². The van der Waals surface area contributed by atoms with Crippen LogP contribution in [0.4, 0.5) is 5.69 Å². The molecule has 0 bridgehead atoms. The van der Waals surface area contributed by atoms with Crippen LogP contribution in [-0.4, -0.2) is 23.7 Å². The molecule has 0 saturated carbocycles. The molecule has 0 saturated heterocycles. The minimum atomic E-state index is -0.284. The molecule has 2 heterocycles. The number of hydrogen-bond acceptors (Lipinski definition) is 5. The van der Waals surface area contributed by atoms with Gasteiger partial charge in [0.1, 0.15) is 5.66 Å². The molecule has 5 nitrogen and oxygen atoms in total. The molecule has 0 aromatic heterocycles. The van der Waals surface area contributed by atoms with E-state index in [1.807, 2.05) is 54.5 Å². The summed E-state index contributed by atoms with van der Waals surface area (Å²) < 4.78 is 0. The molecule has 0 aliphatic carbocycles. The molecule has 1 atom stereocenters. The number of nitrogens with zero attached hydrogens (tertiary/aromatic N) is 2. The predicted molar refractivity (Wildman–Crippen MR) is 77.2 cm³/mol. The van der Waals surface area contributed by atoms with Crippen LogP contribution >= 0.6 is 0 Å². The molecule has 3 rings (SSSR count). The third kappa shape index (κ3) is 2.08. The Morgan fingerprint density at radius 1 is 1.26 bits per heavy atom. The number of likely N-dealkylation sites (N-methyl/N-ethyl adjacent to an activating group) is 1. The van der Waals surface area contributed by atoms with E-state index in [0.29, 0.717) is 0 Å². The molecule has 2 aliphatic rings. The molecule has 98 valence electrons. The molecule has 19 heavy (non-hydrogen) atoms. The van der Waals surface area contributed by atoms with Crippen LogP contribution in [0.3, 0.4) is 0 Å². The van der Waals surface area contributed by atoms with Crippen molar-refractivity contribution in [1.82, 2.24) is 15.8 Å². The number of para-hydroxylation sites is 1. The van der Waals surface area contributed by atoms with Crippen LogP contribution in [0.5, 0.6) is 0 Å². The molecule has 0 amide bonds. The first-order valence-corrected chi connectivity index (χ1v) is 6.27. The Bertz CT molecular complexity index is 560. The second-order valence-corrected chi connectivity index (χ2v) is 4.68. The summed E-state index contributed by atoms with van der Waals surface area (Å²) >= 11 is 0. The quantitative estimate of drug-likeness (QED) is 0.751. The number of benzene rings is 1. The van der Waals surface area contributed by atoms with E-state index in [1.165, 1.54) is 0 Å². The summed E-state index contributed by atoms with van der Waals surface area (Å²) in [7, 11) is 1.93. The molecular formula is C14H17N5. The summed E-state index contributed by atoms with van der Waals surface area (Å²) in [5.74, 6) is 1.61. The topological polar surface area (TPSA) is 51.7 Å². The molecule has 1 aromatic rings. The second kappa shape index (κ2) is 4.44. The SMILES string of the molecule is CNC1(C)C=CC=C2N=C(Nc3ccccc3)NN21. The zero-order valence-corrected chi connectivity index (χ0v) is 11.0. The van der Waals surface area contributed by atoms with Crippen LogP contribution in [0, 0.1) is 0 Å². The Morgan fingerprint density at radius 2 is 2.05 bits per heavy atom. The van der Waals surface area contributed by atoms with Crippen LogP contribution in [-0.2, 0) is 0 Å². The van der Waals surface area contributed by atoms with Crippen LogP contribution in [0.2, 0.25) is 0 Å². The molecule has 1 unspecified atom stereocenters. The van der Waals surface area contributed by atoms with Gasteiger partial charge in [-0.1, -0.05) is 24.3 Å². The number of hydrazine groups is 1. The van der Waals surface area contributed by atoms with Gasteiger partial charge in [0.05, 0.1) is 0 Å². The average Bonchev–Trinajstić information content (AvgIpc) is 2.84. The normalized spacial score (nSPS) is 24.4. The Labute approximate surface area is 112 Å². The number of fused-ring (bicyclic) bond motifs is 1. The van der Waals surface area contributed by atoms with Gasteiger partial charge in [-0.25, -0.2) is 5.01 Å². The van der Waals surface area contributed by atoms with E-state index in [0.717, 1.165) is 17.5 Å². The van der Waals surface area contributed by atoms with Gasteiger partial charge in [0, 0.05) is 5.69 Å². The maximum absolute atomic E-state index is 4.54. The van der Waals surface area contributed by atoms with Gasteiger partial charge >= 0.3 is 0 Å². The molecule has 0 spiro atoms. The molecule has 3 N–H and O–H groups in total. The zero-order valence-electron chi connectivity index (χ0n) is 11.0. The monoisotopic (exact) mass is 255 g/mol. The third-order valence-corrected chi connectivity index (χ3v) is 3.35. The van der Waals surface area contributed by atoms with Gasteiger partial charge in [0.2, 0.25) is 5.96 Å². The van der Waals surface area contributed by atoms with Crippen LogP contribution in [0.25, 0.3) is 0 Å². The highest BCUT2D eigenvalue weighted by Gasteiger charge is 2.35. The molecule has 0 radical (unpaired) electrons. The van der Waals surface area contributed by atoms with Crippen molar-refractivity contribution in [2.45, 2.75) is 12.6 Å². The van der Waals surface area contributed by atoms with E-state index < -0.39 is 0 Å². The van der Waals surface area contributed by atoms with E-state index in [9.17, 15) is 0 Å². The Kier molecular flexibility index (Phi) is 2.76. The minimum absolute atomic E-state index is 0.284. The second-order valence-electron chi connectivity index (χ2n) is 4.68. The van der Waals surface area contributed by atoms with E-state index in [4.69, 9.17) is 0 Å². The lowest BCUT2D eigenvalue weighted by atomic mass is 10.1.